The average Bonchev–Trinajstić information content (AvgIpc) is 3.11. The van der Waals surface area contributed by atoms with Gasteiger partial charge in [0, 0.05) is 23.4 Å². The standard InChI is InChI=1S/C18H14ClN3O5/c1-26-14-5-2-11(3-6-14)17-9-13(21-27-17)10-18(23)20-12-4-7-15(19)16(8-12)22(24)25/h2-9H,10H2,1H3,(H,20,23). The molecule has 0 aliphatic rings. The molecule has 3 aromatic rings. The van der Waals surface area contributed by atoms with E-state index in [0.29, 0.717) is 11.5 Å². The number of methoxy groups -OCH3 is 1. The lowest BCUT2D eigenvalue weighted by Crippen LogP contribution is -2.14. The van der Waals surface area contributed by atoms with Crippen LogP contribution in [0.15, 0.2) is 53.1 Å². The number of amides is 1. The van der Waals surface area contributed by atoms with Gasteiger partial charge in [0.15, 0.2) is 5.76 Å². The predicted octanol–water partition coefficient (Wildman–Crippen LogP) is 4.09. The molecule has 138 valence electrons. The Hall–Kier alpha value is -3.39. The SMILES string of the molecule is COc1ccc(-c2cc(CC(=O)Nc3ccc(Cl)c([N+](=O)[O-])c3)no2)cc1. The minimum atomic E-state index is -0.614. The van der Waals surface area contributed by atoms with E-state index in [-0.39, 0.29) is 28.7 Å². The van der Waals surface area contributed by atoms with Gasteiger partial charge >= 0.3 is 0 Å². The molecule has 0 bridgehead atoms. The van der Waals surface area contributed by atoms with E-state index in [4.69, 9.17) is 20.9 Å². The number of nitro groups is 1. The highest BCUT2D eigenvalue weighted by Crippen LogP contribution is 2.27. The zero-order valence-electron chi connectivity index (χ0n) is 14.1. The van der Waals surface area contributed by atoms with Gasteiger partial charge in [-0.15, -0.1) is 0 Å². The van der Waals surface area contributed by atoms with Crippen molar-refractivity contribution in [2.45, 2.75) is 6.42 Å². The van der Waals surface area contributed by atoms with Crippen LogP contribution in [0.3, 0.4) is 0 Å². The van der Waals surface area contributed by atoms with Crippen molar-refractivity contribution in [2.75, 3.05) is 12.4 Å². The maximum absolute atomic E-state index is 12.2. The van der Waals surface area contributed by atoms with E-state index in [2.05, 4.69) is 10.5 Å². The Bertz CT molecular complexity index is 985. The number of carbonyl (C=O) groups excluding carboxylic acids is 1. The minimum absolute atomic E-state index is 0.00127. The van der Waals surface area contributed by atoms with Gasteiger partial charge < -0.3 is 14.6 Å². The normalized spacial score (nSPS) is 10.4. The molecule has 9 heteroatoms. The van der Waals surface area contributed by atoms with Crippen molar-refractivity contribution in [2.24, 2.45) is 0 Å². The molecule has 3 rings (SSSR count). The Labute approximate surface area is 158 Å². The Morgan fingerprint density at radius 3 is 2.67 bits per heavy atom. The molecule has 0 aliphatic heterocycles. The number of halogens is 1. The highest BCUT2D eigenvalue weighted by Gasteiger charge is 2.15. The fourth-order valence-corrected chi connectivity index (χ4v) is 2.57. The molecule has 2 aromatic carbocycles. The number of nitro benzene ring substituents is 1. The van der Waals surface area contributed by atoms with Gasteiger partial charge in [-0.3, -0.25) is 14.9 Å². The second kappa shape index (κ2) is 7.88. The van der Waals surface area contributed by atoms with Gasteiger partial charge in [-0.25, -0.2) is 0 Å². The summed E-state index contributed by atoms with van der Waals surface area (Å²) >= 11 is 5.75. The number of nitrogens with zero attached hydrogens (tertiary/aromatic N) is 2. The van der Waals surface area contributed by atoms with Crippen molar-refractivity contribution in [1.82, 2.24) is 5.16 Å². The molecule has 0 radical (unpaired) electrons. The van der Waals surface area contributed by atoms with Crippen molar-refractivity contribution >= 4 is 28.9 Å². The Balaban J connectivity index is 1.67. The summed E-state index contributed by atoms with van der Waals surface area (Å²) in [4.78, 5) is 22.5. The van der Waals surface area contributed by atoms with Crippen LogP contribution in [0, 0.1) is 10.1 Å². The van der Waals surface area contributed by atoms with Crippen LogP contribution in [-0.2, 0) is 11.2 Å². The van der Waals surface area contributed by atoms with E-state index in [1.54, 1.807) is 25.3 Å². The first kappa shape index (κ1) is 18.4. The molecular weight excluding hydrogens is 374 g/mol. The van der Waals surface area contributed by atoms with Crippen LogP contribution < -0.4 is 10.1 Å². The Kier molecular flexibility index (Phi) is 5.37. The first-order valence-corrected chi connectivity index (χ1v) is 8.18. The van der Waals surface area contributed by atoms with E-state index in [1.165, 1.54) is 18.2 Å². The van der Waals surface area contributed by atoms with Gasteiger partial charge in [0.25, 0.3) is 5.69 Å². The molecule has 27 heavy (non-hydrogen) atoms. The maximum atomic E-state index is 12.2. The van der Waals surface area contributed by atoms with Gasteiger partial charge in [-0.2, -0.15) is 0 Å². The van der Waals surface area contributed by atoms with Gasteiger partial charge in [-0.05, 0) is 36.4 Å². The molecule has 0 saturated carbocycles. The number of carbonyl (C=O) groups is 1. The molecule has 1 heterocycles. The fraction of sp³-hybridized carbons (Fsp3) is 0.111. The maximum Gasteiger partial charge on any atom is 0.289 e. The van der Waals surface area contributed by atoms with Crippen molar-refractivity contribution in [1.29, 1.82) is 0 Å². The molecule has 0 saturated heterocycles. The van der Waals surface area contributed by atoms with Crippen LogP contribution in [0.2, 0.25) is 5.02 Å². The zero-order chi connectivity index (χ0) is 19.4. The third-order valence-electron chi connectivity index (χ3n) is 3.70. The van der Waals surface area contributed by atoms with Crippen LogP contribution in [0.1, 0.15) is 5.69 Å². The lowest BCUT2D eigenvalue weighted by molar-refractivity contribution is -0.384. The number of hydrogen-bond donors (Lipinski definition) is 1. The lowest BCUT2D eigenvalue weighted by Gasteiger charge is -2.04. The number of anilines is 1. The summed E-state index contributed by atoms with van der Waals surface area (Å²) in [5.41, 5.74) is 1.22. The largest absolute Gasteiger partial charge is 0.497 e. The molecule has 0 unspecified atom stereocenters. The van der Waals surface area contributed by atoms with E-state index in [1.807, 2.05) is 12.1 Å². The first-order chi connectivity index (χ1) is 13.0. The number of aromatic nitrogens is 1. The smallest absolute Gasteiger partial charge is 0.289 e. The molecule has 1 N–H and O–H groups in total. The van der Waals surface area contributed by atoms with Gasteiger partial charge in [0.1, 0.15) is 10.8 Å². The summed E-state index contributed by atoms with van der Waals surface area (Å²) in [7, 11) is 1.58. The van der Waals surface area contributed by atoms with E-state index in [9.17, 15) is 14.9 Å². The van der Waals surface area contributed by atoms with Crippen molar-refractivity contribution in [3.63, 3.8) is 0 Å². The zero-order valence-corrected chi connectivity index (χ0v) is 14.9. The van der Waals surface area contributed by atoms with E-state index >= 15 is 0 Å². The number of rotatable bonds is 6. The molecule has 0 spiro atoms. The van der Waals surface area contributed by atoms with Crippen molar-refractivity contribution < 1.29 is 19.0 Å². The molecule has 1 amide bonds. The molecule has 1 aromatic heterocycles. The Morgan fingerprint density at radius 1 is 1.26 bits per heavy atom. The Morgan fingerprint density at radius 2 is 2.00 bits per heavy atom. The van der Waals surface area contributed by atoms with Gasteiger partial charge in [0.05, 0.1) is 24.1 Å². The predicted molar refractivity (Wildman–Crippen MR) is 98.9 cm³/mol. The first-order valence-electron chi connectivity index (χ1n) is 7.80. The van der Waals surface area contributed by atoms with Crippen LogP contribution in [0.5, 0.6) is 5.75 Å². The number of benzene rings is 2. The molecule has 0 fully saturated rings. The van der Waals surface area contributed by atoms with Crippen LogP contribution in [-0.4, -0.2) is 23.1 Å². The van der Waals surface area contributed by atoms with Crippen molar-refractivity contribution in [3.8, 4) is 17.1 Å². The molecule has 0 aliphatic carbocycles. The van der Waals surface area contributed by atoms with Crippen LogP contribution >= 0.6 is 11.6 Å². The summed E-state index contributed by atoms with van der Waals surface area (Å²) in [5, 5.41) is 17.4. The number of hydrogen-bond acceptors (Lipinski definition) is 6. The van der Waals surface area contributed by atoms with Crippen LogP contribution in [0.4, 0.5) is 11.4 Å². The lowest BCUT2D eigenvalue weighted by atomic mass is 10.1. The number of ether oxygens (including phenoxy) is 1. The minimum Gasteiger partial charge on any atom is -0.497 e. The summed E-state index contributed by atoms with van der Waals surface area (Å²) in [6.45, 7) is 0. The molecule has 0 atom stereocenters. The third kappa shape index (κ3) is 4.42. The summed E-state index contributed by atoms with van der Waals surface area (Å²) < 4.78 is 10.4. The van der Waals surface area contributed by atoms with Gasteiger partial charge in [0.2, 0.25) is 5.91 Å². The quantitative estimate of drug-likeness (QED) is 0.504. The van der Waals surface area contributed by atoms with Gasteiger partial charge in [-0.1, -0.05) is 16.8 Å². The third-order valence-corrected chi connectivity index (χ3v) is 4.02. The summed E-state index contributed by atoms with van der Waals surface area (Å²) in [6, 6.07) is 12.9. The van der Waals surface area contributed by atoms with Crippen molar-refractivity contribution in [3.05, 3.63) is 69.4 Å². The topological polar surface area (TPSA) is 108 Å². The highest BCUT2D eigenvalue weighted by atomic mass is 35.5. The second-order valence-corrected chi connectivity index (χ2v) is 5.97. The van der Waals surface area contributed by atoms with E-state index < -0.39 is 4.92 Å². The monoisotopic (exact) mass is 387 g/mol. The molecule has 8 nitrogen and oxygen atoms in total. The van der Waals surface area contributed by atoms with Crippen LogP contribution in [0.25, 0.3) is 11.3 Å². The fourth-order valence-electron chi connectivity index (χ4n) is 2.39. The second-order valence-electron chi connectivity index (χ2n) is 5.56. The average molecular weight is 388 g/mol. The summed E-state index contributed by atoms with van der Waals surface area (Å²) in [5.74, 6) is 0.846. The summed E-state index contributed by atoms with van der Waals surface area (Å²) in [6.07, 6.45) is -0.0456. The van der Waals surface area contributed by atoms with E-state index in [0.717, 1.165) is 11.3 Å². The highest BCUT2D eigenvalue weighted by molar-refractivity contribution is 6.32. The molecular formula is C18H14ClN3O5. The number of nitrogens with one attached hydrogen (secondary N) is 1.